The van der Waals surface area contributed by atoms with Gasteiger partial charge in [0.1, 0.15) is 5.78 Å². The summed E-state index contributed by atoms with van der Waals surface area (Å²) in [5, 5.41) is 0. The Balaban J connectivity index is 1.59. The summed E-state index contributed by atoms with van der Waals surface area (Å²) < 4.78 is 0. The van der Waals surface area contributed by atoms with Gasteiger partial charge in [-0.15, -0.1) is 0 Å². The van der Waals surface area contributed by atoms with Crippen molar-refractivity contribution in [3.05, 3.63) is 35.9 Å². The molecular weight excluding hydrogens is 196 g/mol. The van der Waals surface area contributed by atoms with Gasteiger partial charge in [-0.3, -0.25) is 4.79 Å². The van der Waals surface area contributed by atoms with Crippen LogP contribution in [0.15, 0.2) is 30.3 Å². The lowest BCUT2D eigenvalue weighted by Crippen LogP contribution is -2.50. The molecule has 2 aliphatic carbocycles. The van der Waals surface area contributed by atoms with Crippen molar-refractivity contribution in [1.82, 2.24) is 0 Å². The third-order valence-corrected chi connectivity index (χ3v) is 4.40. The minimum atomic E-state index is 0.433. The van der Waals surface area contributed by atoms with Crippen molar-refractivity contribution in [2.75, 3.05) is 0 Å². The van der Waals surface area contributed by atoms with E-state index in [0.29, 0.717) is 23.5 Å². The number of carbonyl (C=O) groups excluding carboxylic acids is 1. The first-order valence-electron chi connectivity index (χ1n) is 6.44. The van der Waals surface area contributed by atoms with Crippen LogP contribution in [0.2, 0.25) is 0 Å². The standard InChI is InChI=1S/C15H18O/c16-15-13-7-4-8-14(15)12(13)10-9-11-5-2-1-3-6-11/h1-3,5-6,12-14H,4,7-10H2/t12?,13-,14+. The van der Waals surface area contributed by atoms with Crippen molar-refractivity contribution >= 4 is 5.78 Å². The van der Waals surface area contributed by atoms with Gasteiger partial charge in [-0.1, -0.05) is 36.8 Å². The molecule has 0 aromatic heterocycles. The maximum absolute atomic E-state index is 11.7. The zero-order valence-corrected chi connectivity index (χ0v) is 9.56. The lowest BCUT2D eigenvalue weighted by molar-refractivity contribution is -0.148. The molecule has 84 valence electrons. The molecule has 0 saturated heterocycles. The van der Waals surface area contributed by atoms with Crippen LogP contribution in [-0.4, -0.2) is 5.78 Å². The normalized spacial score (nSPS) is 32.2. The smallest absolute Gasteiger partial charge is 0.139 e. The molecule has 2 bridgehead atoms. The minimum absolute atomic E-state index is 0.433. The average Bonchev–Trinajstić information content (AvgIpc) is 2.37. The first kappa shape index (κ1) is 10.1. The SMILES string of the molecule is O=C1[C@H]2CCC[C@@H]1C2CCc1ccccc1. The molecule has 0 radical (unpaired) electrons. The summed E-state index contributed by atoms with van der Waals surface area (Å²) in [5.74, 6) is 2.15. The molecule has 0 spiro atoms. The quantitative estimate of drug-likeness (QED) is 0.755. The lowest BCUT2D eigenvalue weighted by Gasteiger charge is -2.47. The van der Waals surface area contributed by atoms with E-state index in [4.69, 9.17) is 0 Å². The first-order valence-corrected chi connectivity index (χ1v) is 6.44. The number of hydrogen-bond acceptors (Lipinski definition) is 1. The van der Waals surface area contributed by atoms with E-state index in [2.05, 4.69) is 30.3 Å². The van der Waals surface area contributed by atoms with Crippen LogP contribution >= 0.6 is 0 Å². The number of fused-ring (bicyclic) bond motifs is 2. The van der Waals surface area contributed by atoms with Crippen LogP contribution in [-0.2, 0) is 11.2 Å². The number of ketones is 1. The molecule has 0 amide bonds. The molecule has 1 heteroatoms. The van der Waals surface area contributed by atoms with Gasteiger partial charge in [0, 0.05) is 11.8 Å². The number of aryl methyl sites for hydroxylation is 1. The number of rotatable bonds is 3. The Bertz CT molecular complexity index is 368. The third kappa shape index (κ3) is 1.59. The van der Waals surface area contributed by atoms with Gasteiger partial charge in [-0.25, -0.2) is 0 Å². The fourth-order valence-corrected chi connectivity index (χ4v) is 3.51. The van der Waals surface area contributed by atoms with Gasteiger partial charge < -0.3 is 0 Å². The molecule has 16 heavy (non-hydrogen) atoms. The summed E-state index contributed by atoms with van der Waals surface area (Å²) >= 11 is 0. The van der Waals surface area contributed by atoms with Crippen molar-refractivity contribution in [3.63, 3.8) is 0 Å². The van der Waals surface area contributed by atoms with E-state index in [9.17, 15) is 4.79 Å². The van der Waals surface area contributed by atoms with E-state index in [1.54, 1.807) is 0 Å². The summed E-state index contributed by atoms with van der Waals surface area (Å²) in [7, 11) is 0. The molecule has 1 nitrogen and oxygen atoms in total. The lowest BCUT2D eigenvalue weighted by atomic mass is 9.55. The van der Waals surface area contributed by atoms with E-state index < -0.39 is 0 Å². The van der Waals surface area contributed by atoms with Crippen LogP contribution in [0, 0.1) is 17.8 Å². The highest BCUT2D eigenvalue weighted by molar-refractivity contribution is 5.90. The van der Waals surface area contributed by atoms with Gasteiger partial charge in [-0.05, 0) is 37.2 Å². The summed E-state index contributed by atoms with van der Waals surface area (Å²) in [4.78, 5) is 11.7. The van der Waals surface area contributed by atoms with E-state index in [-0.39, 0.29) is 0 Å². The fourth-order valence-electron chi connectivity index (χ4n) is 3.51. The minimum Gasteiger partial charge on any atom is -0.299 e. The Morgan fingerprint density at radius 1 is 1.06 bits per heavy atom. The van der Waals surface area contributed by atoms with Gasteiger partial charge in [0.25, 0.3) is 0 Å². The molecule has 1 aromatic rings. The zero-order valence-electron chi connectivity index (χ0n) is 9.56. The molecule has 3 rings (SSSR count). The van der Waals surface area contributed by atoms with Crippen molar-refractivity contribution in [1.29, 1.82) is 0 Å². The molecule has 3 atom stereocenters. The molecule has 0 N–H and O–H groups in total. The topological polar surface area (TPSA) is 17.1 Å². The third-order valence-electron chi connectivity index (χ3n) is 4.40. The van der Waals surface area contributed by atoms with Crippen LogP contribution in [0.5, 0.6) is 0 Å². The molecule has 2 fully saturated rings. The second-order valence-corrected chi connectivity index (χ2v) is 5.23. The van der Waals surface area contributed by atoms with Crippen molar-refractivity contribution < 1.29 is 4.79 Å². The largest absolute Gasteiger partial charge is 0.299 e. The van der Waals surface area contributed by atoms with Crippen molar-refractivity contribution in [3.8, 4) is 0 Å². The predicted octanol–water partition coefficient (Wildman–Crippen LogP) is 3.23. The fraction of sp³-hybridized carbons (Fsp3) is 0.533. The van der Waals surface area contributed by atoms with Crippen LogP contribution in [0.4, 0.5) is 0 Å². The van der Waals surface area contributed by atoms with Gasteiger partial charge in [0.15, 0.2) is 0 Å². The molecule has 1 unspecified atom stereocenters. The van der Waals surface area contributed by atoms with Gasteiger partial charge >= 0.3 is 0 Å². The number of hydrogen-bond donors (Lipinski definition) is 0. The number of benzene rings is 1. The summed E-state index contributed by atoms with van der Waals surface area (Å²) in [6, 6.07) is 10.6. The highest BCUT2D eigenvalue weighted by atomic mass is 16.1. The van der Waals surface area contributed by atoms with Crippen LogP contribution in [0.1, 0.15) is 31.2 Å². The van der Waals surface area contributed by atoms with Crippen LogP contribution in [0.3, 0.4) is 0 Å². The molecule has 2 saturated carbocycles. The van der Waals surface area contributed by atoms with Crippen molar-refractivity contribution in [2.24, 2.45) is 17.8 Å². The Kier molecular flexibility index (Phi) is 2.55. The van der Waals surface area contributed by atoms with Crippen molar-refractivity contribution in [2.45, 2.75) is 32.1 Å². The molecule has 1 aromatic carbocycles. The zero-order chi connectivity index (χ0) is 11.0. The monoisotopic (exact) mass is 214 g/mol. The van der Waals surface area contributed by atoms with E-state index in [1.807, 2.05) is 0 Å². The van der Waals surface area contributed by atoms with E-state index in [1.165, 1.54) is 18.4 Å². The summed E-state index contributed by atoms with van der Waals surface area (Å²) in [6.07, 6.45) is 5.96. The molecule has 2 aliphatic rings. The maximum atomic E-state index is 11.7. The number of Topliss-reactive ketones (excluding diaryl/α,β-unsaturated/α-hetero) is 1. The van der Waals surface area contributed by atoms with E-state index in [0.717, 1.165) is 19.3 Å². The molecule has 0 aliphatic heterocycles. The van der Waals surface area contributed by atoms with Crippen LogP contribution in [0.25, 0.3) is 0 Å². The van der Waals surface area contributed by atoms with Gasteiger partial charge in [0.2, 0.25) is 0 Å². The maximum Gasteiger partial charge on any atom is 0.139 e. The molecular formula is C15H18O. The Labute approximate surface area is 96.9 Å². The Morgan fingerprint density at radius 2 is 1.75 bits per heavy atom. The second-order valence-electron chi connectivity index (χ2n) is 5.23. The second kappa shape index (κ2) is 4.04. The highest BCUT2D eigenvalue weighted by Gasteiger charge is 2.50. The average molecular weight is 214 g/mol. The highest BCUT2D eigenvalue weighted by Crippen LogP contribution is 2.49. The van der Waals surface area contributed by atoms with Gasteiger partial charge in [-0.2, -0.15) is 0 Å². The van der Waals surface area contributed by atoms with Crippen LogP contribution < -0.4 is 0 Å². The molecule has 0 heterocycles. The summed E-state index contributed by atoms with van der Waals surface area (Å²) in [5.41, 5.74) is 1.42. The Hall–Kier alpha value is -1.11. The summed E-state index contributed by atoms with van der Waals surface area (Å²) in [6.45, 7) is 0. The Morgan fingerprint density at radius 3 is 2.38 bits per heavy atom. The van der Waals surface area contributed by atoms with E-state index >= 15 is 0 Å². The predicted molar refractivity (Wildman–Crippen MR) is 64.1 cm³/mol. The van der Waals surface area contributed by atoms with Gasteiger partial charge in [0.05, 0.1) is 0 Å². The first-order chi connectivity index (χ1) is 7.86. The number of carbonyl (C=O) groups is 1.